The Balaban J connectivity index is 1.49. The molecule has 0 unspecified atom stereocenters. The summed E-state index contributed by atoms with van der Waals surface area (Å²) in [5.41, 5.74) is 0.897. The van der Waals surface area contributed by atoms with Gasteiger partial charge in [-0.2, -0.15) is 4.98 Å². The van der Waals surface area contributed by atoms with Gasteiger partial charge in [-0.05, 0) is 6.92 Å². The van der Waals surface area contributed by atoms with Gasteiger partial charge in [0, 0.05) is 25.1 Å². The van der Waals surface area contributed by atoms with Crippen LogP contribution in [0.5, 0.6) is 0 Å². The zero-order valence-corrected chi connectivity index (χ0v) is 13.5. The minimum Gasteiger partial charge on any atom is -0.466 e. The smallest absolute Gasteiger partial charge is 0.306 e. The van der Waals surface area contributed by atoms with Gasteiger partial charge in [-0.3, -0.25) is 9.59 Å². The van der Waals surface area contributed by atoms with Crippen LogP contribution in [-0.4, -0.2) is 46.6 Å². The molecular formula is C17H19N3O4. The number of benzene rings is 1. The second-order valence-electron chi connectivity index (χ2n) is 5.62. The maximum absolute atomic E-state index is 12.0. The summed E-state index contributed by atoms with van der Waals surface area (Å²) in [6.45, 7) is 3.16. The number of likely N-dealkylation sites (tertiary alicyclic amines) is 1. The molecule has 2 heterocycles. The summed E-state index contributed by atoms with van der Waals surface area (Å²) in [7, 11) is 0. The zero-order chi connectivity index (χ0) is 16.9. The summed E-state index contributed by atoms with van der Waals surface area (Å²) in [4.78, 5) is 29.4. The topological polar surface area (TPSA) is 85.5 Å². The van der Waals surface area contributed by atoms with E-state index in [1.807, 2.05) is 30.3 Å². The minimum atomic E-state index is -0.340. The SMILES string of the molecule is CCOC(=O)CCC(=O)N1CC(c2nc(-c3ccccc3)no2)C1. The highest BCUT2D eigenvalue weighted by Crippen LogP contribution is 2.28. The maximum Gasteiger partial charge on any atom is 0.306 e. The molecule has 1 aromatic carbocycles. The molecule has 1 aliphatic heterocycles. The molecule has 0 bridgehead atoms. The Morgan fingerprint density at radius 2 is 2.00 bits per heavy atom. The molecule has 3 rings (SSSR count). The molecule has 1 aromatic heterocycles. The van der Waals surface area contributed by atoms with E-state index < -0.39 is 0 Å². The number of hydrogen-bond donors (Lipinski definition) is 0. The quantitative estimate of drug-likeness (QED) is 0.754. The molecule has 0 spiro atoms. The Hall–Kier alpha value is -2.70. The van der Waals surface area contributed by atoms with Crippen LogP contribution in [0.15, 0.2) is 34.9 Å². The number of aromatic nitrogens is 2. The fourth-order valence-electron chi connectivity index (χ4n) is 2.54. The molecule has 1 aliphatic rings. The lowest BCUT2D eigenvalue weighted by atomic mass is 9.99. The first kappa shape index (κ1) is 16.2. The second-order valence-corrected chi connectivity index (χ2v) is 5.62. The number of amides is 1. The largest absolute Gasteiger partial charge is 0.466 e. The number of nitrogens with zero attached hydrogens (tertiary/aromatic N) is 3. The third kappa shape index (κ3) is 3.61. The molecule has 1 fully saturated rings. The molecule has 7 heteroatoms. The first-order valence-corrected chi connectivity index (χ1v) is 7.99. The zero-order valence-electron chi connectivity index (χ0n) is 13.5. The fourth-order valence-corrected chi connectivity index (χ4v) is 2.54. The molecule has 126 valence electrons. The molecule has 0 atom stereocenters. The second kappa shape index (κ2) is 7.25. The normalized spacial score (nSPS) is 14.3. The Morgan fingerprint density at radius 3 is 2.71 bits per heavy atom. The van der Waals surface area contributed by atoms with E-state index in [1.165, 1.54) is 0 Å². The highest BCUT2D eigenvalue weighted by Gasteiger charge is 2.35. The molecule has 0 saturated carbocycles. The third-order valence-corrected chi connectivity index (χ3v) is 3.91. The maximum atomic E-state index is 12.0. The van der Waals surface area contributed by atoms with Gasteiger partial charge in [0.05, 0.1) is 18.9 Å². The van der Waals surface area contributed by atoms with Crippen molar-refractivity contribution in [2.75, 3.05) is 19.7 Å². The minimum absolute atomic E-state index is 0.0536. The predicted molar refractivity (Wildman–Crippen MR) is 84.9 cm³/mol. The Morgan fingerprint density at radius 1 is 1.25 bits per heavy atom. The van der Waals surface area contributed by atoms with E-state index in [-0.39, 0.29) is 30.6 Å². The van der Waals surface area contributed by atoms with Crippen LogP contribution in [0.3, 0.4) is 0 Å². The van der Waals surface area contributed by atoms with Crippen LogP contribution in [0.1, 0.15) is 31.6 Å². The molecule has 0 N–H and O–H groups in total. The number of carbonyl (C=O) groups is 2. The van der Waals surface area contributed by atoms with Crippen LogP contribution in [0, 0.1) is 0 Å². The third-order valence-electron chi connectivity index (χ3n) is 3.91. The van der Waals surface area contributed by atoms with Crippen LogP contribution in [-0.2, 0) is 14.3 Å². The van der Waals surface area contributed by atoms with Crippen molar-refractivity contribution in [2.24, 2.45) is 0 Å². The fraction of sp³-hybridized carbons (Fsp3) is 0.412. The number of carbonyl (C=O) groups excluding carboxylic acids is 2. The van der Waals surface area contributed by atoms with Gasteiger partial charge in [-0.1, -0.05) is 35.5 Å². The number of ether oxygens (including phenoxy) is 1. The monoisotopic (exact) mass is 329 g/mol. The summed E-state index contributed by atoms with van der Waals surface area (Å²) in [5.74, 6) is 0.761. The molecule has 1 amide bonds. The van der Waals surface area contributed by atoms with Crippen molar-refractivity contribution < 1.29 is 18.8 Å². The lowest BCUT2D eigenvalue weighted by Gasteiger charge is -2.37. The van der Waals surface area contributed by atoms with Crippen molar-refractivity contribution in [3.8, 4) is 11.4 Å². The van der Waals surface area contributed by atoms with E-state index in [2.05, 4.69) is 10.1 Å². The average molecular weight is 329 g/mol. The lowest BCUT2D eigenvalue weighted by molar-refractivity contribution is -0.146. The van der Waals surface area contributed by atoms with Crippen LogP contribution in [0.25, 0.3) is 11.4 Å². The highest BCUT2D eigenvalue weighted by atomic mass is 16.5. The van der Waals surface area contributed by atoms with E-state index >= 15 is 0 Å². The number of hydrogen-bond acceptors (Lipinski definition) is 6. The first-order valence-electron chi connectivity index (χ1n) is 7.99. The van der Waals surface area contributed by atoms with E-state index in [0.29, 0.717) is 31.4 Å². The molecule has 24 heavy (non-hydrogen) atoms. The Kier molecular flexibility index (Phi) is 4.88. The summed E-state index contributed by atoms with van der Waals surface area (Å²) in [5, 5.41) is 3.99. The van der Waals surface area contributed by atoms with Gasteiger partial charge in [-0.25, -0.2) is 0 Å². The lowest BCUT2D eigenvalue weighted by Crippen LogP contribution is -2.48. The Bertz CT molecular complexity index is 708. The summed E-state index contributed by atoms with van der Waals surface area (Å²) < 4.78 is 10.1. The van der Waals surface area contributed by atoms with E-state index in [0.717, 1.165) is 5.56 Å². The first-order chi connectivity index (χ1) is 11.7. The molecular weight excluding hydrogens is 310 g/mol. The average Bonchev–Trinajstić information content (AvgIpc) is 3.02. The number of rotatable bonds is 6. The van der Waals surface area contributed by atoms with Crippen molar-refractivity contribution in [1.82, 2.24) is 15.0 Å². The standard InChI is InChI=1S/C17H19N3O4/c1-2-23-15(22)9-8-14(21)20-10-13(11-20)17-18-16(19-24-17)12-6-4-3-5-7-12/h3-7,13H,2,8-11H2,1H3. The van der Waals surface area contributed by atoms with Crippen LogP contribution >= 0.6 is 0 Å². The van der Waals surface area contributed by atoms with E-state index in [4.69, 9.17) is 9.26 Å². The van der Waals surface area contributed by atoms with E-state index in [9.17, 15) is 9.59 Å². The summed E-state index contributed by atoms with van der Waals surface area (Å²) in [6, 6.07) is 9.59. The van der Waals surface area contributed by atoms with Crippen LogP contribution in [0.4, 0.5) is 0 Å². The van der Waals surface area contributed by atoms with Gasteiger partial charge in [0.1, 0.15) is 0 Å². The predicted octanol–water partition coefficient (Wildman–Crippen LogP) is 2.01. The molecule has 0 radical (unpaired) electrons. The molecule has 2 aromatic rings. The van der Waals surface area contributed by atoms with Crippen molar-refractivity contribution in [2.45, 2.75) is 25.7 Å². The van der Waals surface area contributed by atoms with E-state index in [1.54, 1.807) is 11.8 Å². The van der Waals surface area contributed by atoms with Crippen molar-refractivity contribution in [1.29, 1.82) is 0 Å². The van der Waals surface area contributed by atoms with Crippen molar-refractivity contribution in [3.05, 3.63) is 36.2 Å². The summed E-state index contributed by atoms with van der Waals surface area (Å²) >= 11 is 0. The number of esters is 1. The van der Waals surface area contributed by atoms with Crippen LogP contribution < -0.4 is 0 Å². The van der Waals surface area contributed by atoms with Gasteiger partial charge in [0.25, 0.3) is 0 Å². The van der Waals surface area contributed by atoms with Gasteiger partial charge >= 0.3 is 5.97 Å². The highest BCUT2D eigenvalue weighted by molar-refractivity contribution is 5.82. The molecule has 1 saturated heterocycles. The molecule has 7 nitrogen and oxygen atoms in total. The van der Waals surface area contributed by atoms with Crippen LogP contribution in [0.2, 0.25) is 0 Å². The Labute approximate surface area is 139 Å². The summed E-state index contributed by atoms with van der Waals surface area (Å²) in [6.07, 6.45) is 0.289. The van der Waals surface area contributed by atoms with Gasteiger partial charge in [-0.15, -0.1) is 0 Å². The van der Waals surface area contributed by atoms with Crippen molar-refractivity contribution >= 4 is 11.9 Å². The molecule has 0 aliphatic carbocycles. The van der Waals surface area contributed by atoms with Gasteiger partial charge in [0.15, 0.2) is 0 Å². The van der Waals surface area contributed by atoms with Crippen molar-refractivity contribution in [3.63, 3.8) is 0 Å². The van der Waals surface area contributed by atoms with Gasteiger partial charge in [0.2, 0.25) is 17.6 Å². The van der Waals surface area contributed by atoms with Gasteiger partial charge < -0.3 is 14.2 Å².